The third-order valence-electron chi connectivity index (χ3n) is 4.89. The molecule has 1 unspecified atom stereocenters. The van der Waals surface area contributed by atoms with Gasteiger partial charge in [-0.05, 0) is 24.3 Å². The van der Waals surface area contributed by atoms with Crippen molar-refractivity contribution in [2.24, 2.45) is 4.99 Å². The Labute approximate surface area is 181 Å². The molecule has 8 nitrogen and oxygen atoms in total. The Morgan fingerprint density at radius 2 is 2.03 bits per heavy atom. The number of nitrogens with one attached hydrogen (secondary N) is 1. The highest BCUT2D eigenvalue weighted by Gasteiger charge is 2.22. The van der Waals surface area contributed by atoms with E-state index < -0.39 is 0 Å². The molecule has 1 atom stereocenters. The van der Waals surface area contributed by atoms with Gasteiger partial charge < -0.3 is 29.0 Å². The number of pyridine rings is 1. The van der Waals surface area contributed by atoms with E-state index in [-0.39, 0.29) is 23.1 Å². The van der Waals surface area contributed by atoms with Crippen molar-refractivity contribution in [2.75, 3.05) is 57.4 Å². The highest BCUT2D eigenvalue weighted by molar-refractivity contribution is 8.93. The van der Waals surface area contributed by atoms with Crippen LogP contribution < -0.4 is 10.2 Å². The fourth-order valence-corrected chi connectivity index (χ4v) is 3.37. The summed E-state index contributed by atoms with van der Waals surface area (Å²) in [6, 6.07) is 9.86. The SMILES string of the molecule is Br.c1ccc(N2CCN(C(=NCc3ccco3)NCC3COCCO3)CC2)nc1. The summed E-state index contributed by atoms with van der Waals surface area (Å²) in [4.78, 5) is 13.8. The molecular formula is C20H28BrN5O3. The Morgan fingerprint density at radius 3 is 2.72 bits per heavy atom. The van der Waals surface area contributed by atoms with Gasteiger partial charge in [0.05, 0.1) is 32.2 Å². The summed E-state index contributed by atoms with van der Waals surface area (Å²) in [7, 11) is 0. The Bertz CT molecular complexity index is 730. The van der Waals surface area contributed by atoms with Gasteiger partial charge in [0.15, 0.2) is 5.96 Å². The molecule has 0 aromatic carbocycles. The van der Waals surface area contributed by atoms with Gasteiger partial charge in [0, 0.05) is 38.9 Å². The lowest BCUT2D eigenvalue weighted by molar-refractivity contribution is -0.0851. The van der Waals surface area contributed by atoms with Crippen LogP contribution in [0.5, 0.6) is 0 Å². The second kappa shape index (κ2) is 11.2. The molecule has 0 amide bonds. The van der Waals surface area contributed by atoms with Crippen molar-refractivity contribution >= 4 is 28.8 Å². The molecule has 2 aliphatic heterocycles. The van der Waals surface area contributed by atoms with Crippen molar-refractivity contribution in [1.82, 2.24) is 15.2 Å². The first kappa shape index (κ1) is 21.6. The van der Waals surface area contributed by atoms with Crippen LogP contribution in [0, 0.1) is 0 Å². The van der Waals surface area contributed by atoms with Crippen LogP contribution in [0.15, 0.2) is 52.2 Å². The van der Waals surface area contributed by atoms with E-state index in [0.29, 0.717) is 32.9 Å². The van der Waals surface area contributed by atoms with Gasteiger partial charge in [-0.15, -0.1) is 17.0 Å². The molecule has 0 spiro atoms. The zero-order chi connectivity index (χ0) is 19.0. The van der Waals surface area contributed by atoms with E-state index in [1.54, 1.807) is 6.26 Å². The molecule has 2 saturated heterocycles. The van der Waals surface area contributed by atoms with E-state index in [0.717, 1.165) is 43.7 Å². The summed E-state index contributed by atoms with van der Waals surface area (Å²) in [5.74, 6) is 2.76. The lowest BCUT2D eigenvalue weighted by Gasteiger charge is -2.37. The number of rotatable bonds is 5. The van der Waals surface area contributed by atoms with Gasteiger partial charge in [-0.3, -0.25) is 0 Å². The number of anilines is 1. The van der Waals surface area contributed by atoms with Gasteiger partial charge in [0.25, 0.3) is 0 Å². The van der Waals surface area contributed by atoms with Crippen LogP contribution in [0.2, 0.25) is 0 Å². The monoisotopic (exact) mass is 465 g/mol. The largest absolute Gasteiger partial charge is 0.467 e. The minimum absolute atomic E-state index is 0. The van der Waals surface area contributed by atoms with Crippen LogP contribution in [0.25, 0.3) is 0 Å². The first-order chi connectivity index (χ1) is 13.9. The lowest BCUT2D eigenvalue weighted by Crippen LogP contribution is -2.54. The zero-order valence-electron chi connectivity index (χ0n) is 16.4. The van der Waals surface area contributed by atoms with Gasteiger partial charge in [0.1, 0.15) is 18.1 Å². The standard InChI is InChI=1S/C20H27N5O3.BrH/c1-2-6-21-19(5-1)24-7-9-25(10-8-24)20(22-14-17-4-3-11-27-17)23-15-18-16-26-12-13-28-18;/h1-6,11,18H,7-10,12-16H2,(H,22,23);1H. The van der Waals surface area contributed by atoms with Crippen molar-refractivity contribution in [2.45, 2.75) is 12.6 Å². The average Bonchev–Trinajstić information content (AvgIpc) is 3.29. The number of hydrogen-bond donors (Lipinski definition) is 1. The third kappa shape index (κ3) is 6.19. The van der Waals surface area contributed by atoms with Crippen LogP contribution in [-0.2, 0) is 16.0 Å². The first-order valence-corrected chi connectivity index (χ1v) is 9.79. The predicted octanol–water partition coefficient (Wildman–Crippen LogP) is 1.94. The Hall–Kier alpha value is -2.10. The summed E-state index contributed by atoms with van der Waals surface area (Å²) in [5, 5.41) is 3.47. The second-order valence-electron chi connectivity index (χ2n) is 6.83. The number of furan rings is 1. The van der Waals surface area contributed by atoms with E-state index in [1.165, 1.54) is 0 Å². The molecule has 2 aromatic heterocycles. The molecule has 4 heterocycles. The van der Waals surface area contributed by atoms with Crippen molar-refractivity contribution in [3.63, 3.8) is 0 Å². The predicted molar refractivity (Wildman–Crippen MR) is 117 cm³/mol. The maximum atomic E-state index is 5.74. The van der Waals surface area contributed by atoms with Crippen molar-refractivity contribution in [3.8, 4) is 0 Å². The van der Waals surface area contributed by atoms with E-state index in [1.807, 2.05) is 30.5 Å². The van der Waals surface area contributed by atoms with Crippen molar-refractivity contribution < 1.29 is 13.9 Å². The van der Waals surface area contributed by atoms with Crippen molar-refractivity contribution in [3.05, 3.63) is 48.6 Å². The molecule has 158 valence electrons. The Balaban J connectivity index is 0.00000240. The fourth-order valence-electron chi connectivity index (χ4n) is 3.37. The van der Waals surface area contributed by atoms with Crippen LogP contribution in [0.3, 0.4) is 0 Å². The number of halogens is 1. The maximum Gasteiger partial charge on any atom is 0.194 e. The molecule has 0 aliphatic carbocycles. The molecule has 29 heavy (non-hydrogen) atoms. The van der Waals surface area contributed by atoms with Gasteiger partial charge in [-0.25, -0.2) is 9.98 Å². The fraction of sp³-hybridized carbons (Fsp3) is 0.500. The second-order valence-corrected chi connectivity index (χ2v) is 6.83. The topological polar surface area (TPSA) is 75.4 Å². The summed E-state index contributed by atoms with van der Waals surface area (Å²) in [5.41, 5.74) is 0. The van der Waals surface area contributed by atoms with Gasteiger partial charge in [-0.1, -0.05) is 6.07 Å². The number of guanidine groups is 1. The molecule has 0 saturated carbocycles. The maximum absolute atomic E-state index is 5.74. The Kier molecular flexibility index (Phi) is 8.33. The average molecular weight is 466 g/mol. The van der Waals surface area contributed by atoms with Crippen LogP contribution >= 0.6 is 17.0 Å². The van der Waals surface area contributed by atoms with Crippen molar-refractivity contribution in [1.29, 1.82) is 0 Å². The molecule has 9 heteroatoms. The van der Waals surface area contributed by atoms with Crippen LogP contribution in [0.1, 0.15) is 5.76 Å². The van der Waals surface area contributed by atoms with E-state index in [2.05, 4.69) is 26.2 Å². The minimum Gasteiger partial charge on any atom is -0.467 e. The molecule has 0 bridgehead atoms. The first-order valence-electron chi connectivity index (χ1n) is 9.79. The van der Waals surface area contributed by atoms with Crippen LogP contribution in [-0.4, -0.2) is 74.5 Å². The number of ether oxygens (including phenoxy) is 2. The molecule has 4 rings (SSSR count). The third-order valence-corrected chi connectivity index (χ3v) is 4.89. The number of aliphatic imine (C=N–C) groups is 1. The summed E-state index contributed by atoms with van der Waals surface area (Å²) < 4.78 is 16.7. The molecule has 2 aromatic rings. The normalized spacial score (nSPS) is 20.3. The molecule has 1 N–H and O–H groups in total. The van der Waals surface area contributed by atoms with E-state index in [4.69, 9.17) is 18.9 Å². The molecular weight excluding hydrogens is 438 g/mol. The summed E-state index contributed by atoms with van der Waals surface area (Å²) in [6.45, 7) is 6.69. The molecule has 0 radical (unpaired) electrons. The minimum atomic E-state index is 0. The zero-order valence-corrected chi connectivity index (χ0v) is 18.1. The highest BCUT2D eigenvalue weighted by Crippen LogP contribution is 2.13. The number of hydrogen-bond acceptors (Lipinski definition) is 6. The lowest BCUT2D eigenvalue weighted by atomic mass is 10.3. The van der Waals surface area contributed by atoms with E-state index in [9.17, 15) is 0 Å². The quantitative estimate of drug-likeness (QED) is 0.533. The van der Waals surface area contributed by atoms with Crippen LogP contribution in [0.4, 0.5) is 5.82 Å². The summed E-state index contributed by atoms with van der Waals surface area (Å²) >= 11 is 0. The smallest absolute Gasteiger partial charge is 0.194 e. The molecule has 2 aliphatic rings. The summed E-state index contributed by atoms with van der Waals surface area (Å²) in [6.07, 6.45) is 3.57. The molecule has 2 fully saturated rings. The highest BCUT2D eigenvalue weighted by atomic mass is 79.9. The van der Waals surface area contributed by atoms with Gasteiger partial charge in [0.2, 0.25) is 0 Å². The number of aromatic nitrogens is 1. The van der Waals surface area contributed by atoms with Gasteiger partial charge in [-0.2, -0.15) is 0 Å². The number of piperazine rings is 1. The van der Waals surface area contributed by atoms with E-state index >= 15 is 0 Å². The number of nitrogens with zero attached hydrogens (tertiary/aromatic N) is 4. The Morgan fingerprint density at radius 1 is 1.14 bits per heavy atom. The van der Waals surface area contributed by atoms with Gasteiger partial charge >= 0.3 is 0 Å².